The summed E-state index contributed by atoms with van der Waals surface area (Å²) < 4.78 is 0.908. The van der Waals surface area contributed by atoms with Crippen molar-refractivity contribution in [3.63, 3.8) is 0 Å². The summed E-state index contributed by atoms with van der Waals surface area (Å²) in [7, 11) is 0. The lowest BCUT2D eigenvalue weighted by molar-refractivity contribution is -0.118. The van der Waals surface area contributed by atoms with Crippen LogP contribution in [0, 0.1) is 11.8 Å². The zero-order chi connectivity index (χ0) is 15.4. The Bertz CT molecular complexity index is 491. The van der Waals surface area contributed by atoms with Crippen LogP contribution in [-0.4, -0.2) is 18.0 Å². The second-order valence-electron chi connectivity index (χ2n) is 6.23. The highest BCUT2D eigenvalue weighted by molar-refractivity contribution is 9.10. The molecule has 4 atom stereocenters. The molecule has 0 aliphatic heterocycles. The number of hydrogen-bond donors (Lipinski definition) is 2. The number of carbonyl (C=O) groups is 1. The largest absolute Gasteiger partial charge is 0.324 e. The minimum Gasteiger partial charge on any atom is -0.324 e. The summed E-state index contributed by atoms with van der Waals surface area (Å²) in [6.45, 7) is 6.54. The van der Waals surface area contributed by atoms with Gasteiger partial charge in [0, 0.05) is 10.5 Å². The lowest BCUT2D eigenvalue weighted by Gasteiger charge is -2.36. The molecule has 1 fully saturated rings. The minimum atomic E-state index is -0.185. The molecule has 0 aromatic heterocycles. The number of para-hydroxylation sites is 1. The van der Waals surface area contributed by atoms with E-state index in [0.717, 1.165) is 22.5 Å². The maximum Gasteiger partial charge on any atom is 0.241 e. The van der Waals surface area contributed by atoms with Gasteiger partial charge in [-0.2, -0.15) is 0 Å². The first kappa shape index (κ1) is 16.5. The van der Waals surface area contributed by atoms with E-state index in [1.165, 1.54) is 12.8 Å². The molecule has 1 aromatic carbocycles. The van der Waals surface area contributed by atoms with E-state index >= 15 is 0 Å². The van der Waals surface area contributed by atoms with Crippen LogP contribution in [0.5, 0.6) is 0 Å². The Morgan fingerprint density at radius 3 is 2.71 bits per heavy atom. The summed E-state index contributed by atoms with van der Waals surface area (Å²) in [5.74, 6) is 1.37. The van der Waals surface area contributed by atoms with Crippen LogP contribution < -0.4 is 10.6 Å². The van der Waals surface area contributed by atoms with Crippen LogP contribution >= 0.6 is 15.9 Å². The van der Waals surface area contributed by atoms with Crippen molar-refractivity contribution in [3.8, 4) is 0 Å². The van der Waals surface area contributed by atoms with Crippen molar-refractivity contribution in [2.45, 2.75) is 52.1 Å². The first-order chi connectivity index (χ1) is 9.99. The quantitative estimate of drug-likeness (QED) is 0.852. The Hall–Kier alpha value is -0.870. The first-order valence-corrected chi connectivity index (χ1v) is 8.59. The van der Waals surface area contributed by atoms with Crippen LogP contribution in [0.3, 0.4) is 0 Å². The number of benzene rings is 1. The minimum absolute atomic E-state index is 0.0207. The Labute approximate surface area is 136 Å². The molecule has 2 N–H and O–H groups in total. The van der Waals surface area contributed by atoms with E-state index in [1.54, 1.807) is 0 Å². The molecule has 0 saturated heterocycles. The van der Waals surface area contributed by atoms with Gasteiger partial charge in [0.2, 0.25) is 5.91 Å². The maximum absolute atomic E-state index is 12.3. The summed E-state index contributed by atoms with van der Waals surface area (Å²) in [5.41, 5.74) is 0.821. The van der Waals surface area contributed by atoms with E-state index < -0.39 is 0 Å². The molecular weight excluding hydrogens is 328 g/mol. The van der Waals surface area contributed by atoms with Gasteiger partial charge in [-0.15, -0.1) is 0 Å². The standard InChI is InChI=1S/C17H25BrN2O/c1-11-7-6-10-15(12(11)2)19-13(3)17(21)20-16-9-5-4-8-14(16)18/h4-5,8-9,11-13,15,19H,6-7,10H2,1-3H3,(H,20,21). The van der Waals surface area contributed by atoms with Gasteiger partial charge in [0.25, 0.3) is 0 Å². The topological polar surface area (TPSA) is 41.1 Å². The Morgan fingerprint density at radius 1 is 1.29 bits per heavy atom. The van der Waals surface area contributed by atoms with Gasteiger partial charge in [0.15, 0.2) is 0 Å². The number of nitrogens with one attached hydrogen (secondary N) is 2. The average Bonchev–Trinajstić information content (AvgIpc) is 2.46. The van der Waals surface area contributed by atoms with E-state index in [0.29, 0.717) is 12.0 Å². The summed E-state index contributed by atoms with van der Waals surface area (Å²) in [4.78, 5) is 12.3. The molecule has 1 aromatic rings. The zero-order valence-corrected chi connectivity index (χ0v) is 14.6. The van der Waals surface area contributed by atoms with Gasteiger partial charge in [-0.3, -0.25) is 4.79 Å². The zero-order valence-electron chi connectivity index (χ0n) is 13.0. The number of carbonyl (C=O) groups excluding carboxylic acids is 1. The average molecular weight is 353 g/mol. The van der Waals surface area contributed by atoms with Crippen LogP contribution in [0.4, 0.5) is 5.69 Å². The number of hydrogen-bond acceptors (Lipinski definition) is 2. The molecule has 1 aliphatic carbocycles. The van der Waals surface area contributed by atoms with Crippen molar-refractivity contribution in [1.82, 2.24) is 5.32 Å². The van der Waals surface area contributed by atoms with Crippen LogP contribution in [0.25, 0.3) is 0 Å². The van der Waals surface area contributed by atoms with E-state index in [9.17, 15) is 4.79 Å². The highest BCUT2D eigenvalue weighted by Gasteiger charge is 2.29. The van der Waals surface area contributed by atoms with Gasteiger partial charge >= 0.3 is 0 Å². The maximum atomic E-state index is 12.3. The lowest BCUT2D eigenvalue weighted by Crippen LogP contribution is -2.49. The van der Waals surface area contributed by atoms with Crippen LogP contribution in [0.1, 0.15) is 40.0 Å². The first-order valence-electron chi connectivity index (χ1n) is 7.80. The lowest BCUT2D eigenvalue weighted by atomic mass is 9.78. The molecule has 0 spiro atoms. The molecule has 116 valence electrons. The van der Waals surface area contributed by atoms with Gasteiger partial charge in [0.05, 0.1) is 11.7 Å². The highest BCUT2D eigenvalue weighted by Crippen LogP contribution is 2.29. The van der Waals surface area contributed by atoms with Gasteiger partial charge in [0.1, 0.15) is 0 Å². The fraction of sp³-hybridized carbons (Fsp3) is 0.588. The normalized spacial score (nSPS) is 27.1. The fourth-order valence-corrected chi connectivity index (χ4v) is 3.40. The third kappa shape index (κ3) is 4.30. The summed E-state index contributed by atoms with van der Waals surface area (Å²) >= 11 is 3.45. The number of anilines is 1. The molecular formula is C17H25BrN2O. The van der Waals surface area contributed by atoms with Crippen molar-refractivity contribution in [1.29, 1.82) is 0 Å². The third-order valence-electron chi connectivity index (χ3n) is 4.70. The number of halogens is 1. The van der Waals surface area contributed by atoms with Crippen LogP contribution in [0.2, 0.25) is 0 Å². The Balaban J connectivity index is 1.92. The molecule has 2 rings (SSSR count). The van der Waals surface area contributed by atoms with Crippen molar-refractivity contribution in [2.24, 2.45) is 11.8 Å². The molecule has 1 saturated carbocycles. The molecule has 0 radical (unpaired) electrons. The summed E-state index contributed by atoms with van der Waals surface area (Å²) in [5, 5.41) is 6.49. The van der Waals surface area contributed by atoms with Gasteiger partial charge in [-0.25, -0.2) is 0 Å². The highest BCUT2D eigenvalue weighted by atomic mass is 79.9. The van der Waals surface area contributed by atoms with Gasteiger partial charge in [-0.1, -0.05) is 38.8 Å². The molecule has 3 nitrogen and oxygen atoms in total. The molecule has 0 bridgehead atoms. The smallest absolute Gasteiger partial charge is 0.241 e. The second kappa shape index (κ2) is 7.41. The number of rotatable bonds is 4. The SMILES string of the molecule is CC(NC1CCCC(C)C1C)C(=O)Nc1ccccc1Br. The van der Waals surface area contributed by atoms with E-state index in [-0.39, 0.29) is 11.9 Å². The van der Waals surface area contributed by atoms with Gasteiger partial charge in [-0.05, 0) is 53.2 Å². The fourth-order valence-electron chi connectivity index (χ4n) is 3.02. The molecule has 1 aliphatic rings. The molecule has 4 unspecified atom stereocenters. The predicted molar refractivity (Wildman–Crippen MR) is 91.3 cm³/mol. The second-order valence-corrected chi connectivity index (χ2v) is 7.09. The molecule has 21 heavy (non-hydrogen) atoms. The molecule has 0 heterocycles. The molecule has 1 amide bonds. The van der Waals surface area contributed by atoms with Crippen molar-refractivity contribution in [2.75, 3.05) is 5.32 Å². The monoisotopic (exact) mass is 352 g/mol. The van der Waals surface area contributed by atoms with Crippen molar-refractivity contribution < 1.29 is 4.79 Å². The summed E-state index contributed by atoms with van der Waals surface area (Å²) in [6, 6.07) is 7.94. The van der Waals surface area contributed by atoms with E-state index in [1.807, 2.05) is 31.2 Å². The Morgan fingerprint density at radius 2 is 2.00 bits per heavy atom. The van der Waals surface area contributed by atoms with Crippen LogP contribution in [0.15, 0.2) is 28.7 Å². The predicted octanol–water partition coefficient (Wildman–Crippen LogP) is 4.19. The molecule has 4 heteroatoms. The van der Waals surface area contributed by atoms with Gasteiger partial charge < -0.3 is 10.6 Å². The van der Waals surface area contributed by atoms with Crippen LogP contribution in [-0.2, 0) is 4.79 Å². The number of amides is 1. The van der Waals surface area contributed by atoms with Crippen molar-refractivity contribution in [3.05, 3.63) is 28.7 Å². The van der Waals surface area contributed by atoms with E-state index in [4.69, 9.17) is 0 Å². The third-order valence-corrected chi connectivity index (χ3v) is 5.39. The van der Waals surface area contributed by atoms with Crippen molar-refractivity contribution >= 4 is 27.5 Å². The summed E-state index contributed by atoms with van der Waals surface area (Å²) in [6.07, 6.45) is 3.72. The Kier molecular flexibility index (Phi) is 5.82. The van der Waals surface area contributed by atoms with E-state index in [2.05, 4.69) is 40.4 Å².